The van der Waals surface area contributed by atoms with Gasteiger partial charge in [-0.15, -0.1) is 0 Å². The first-order valence-electron chi connectivity index (χ1n) is 9.51. The monoisotopic (exact) mass is 442 g/mol. The maximum Gasteiger partial charge on any atom is 0.258 e. The second-order valence-electron chi connectivity index (χ2n) is 7.05. The van der Waals surface area contributed by atoms with Crippen LogP contribution < -0.4 is 14.8 Å². The van der Waals surface area contributed by atoms with Crippen LogP contribution in [-0.2, 0) is 16.6 Å². The third-order valence-electron chi connectivity index (χ3n) is 4.78. The smallest absolute Gasteiger partial charge is 0.258 e. The molecule has 0 heterocycles. The molecule has 0 aliphatic carbocycles. The molecule has 0 spiro atoms. The Bertz CT molecular complexity index is 1230. The van der Waals surface area contributed by atoms with E-state index in [1.807, 2.05) is 26.0 Å². The van der Waals surface area contributed by atoms with Crippen molar-refractivity contribution in [2.24, 2.45) is 0 Å². The number of amides is 1. The van der Waals surface area contributed by atoms with Crippen molar-refractivity contribution in [3.63, 3.8) is 0 Å². The molecule has 6 nitrogen and oxygen atoms in total. The molecule has 0 unspecified atom stereocenters. The van der Waals surface area contributed by atoms with Crippen molar-refractivity contribution >= 4 is 21.6 Å². The Hall–Kier alpha value is -3.23. The van der Waals surface area contributed by atoms with Crippen LogP contribution in [0.2, 0.25) is 0 Å². The van der Waals surface area contributed by atoms with Gasteiger partial charge >= 0.3 is 0 Å². The van der Waals surface area contributed by atoms with Gasteiger partial charge in [0.1, 0.15) is 11.6 Å². The number of nitrogens with one attached hydrogen (secondary N) is 2. The van der Waals surface area contributed by atoms with Gasteiger partial charge in [-0.2, -0.15) is 0 Å². The SMILES string of the molecule is COc1ccccc1CNS(=O)(=O)c1ccc(F)c(C(=O)Nc2cc(C)ccc2C)c1. The summed E-state index contributed by atoms with van der Waals surface area (Å²) in [5, 5.41) is 2.65. The highest BCUT2D eigenvalue weighted by atomic mass is 32.2. The highest BCUT2D eigenvalue weighted by molar-refractivity contribution is 7.89. The molecule has 0 aliphatic heterocycles. The predicted octanol–water partition coefficient (Wildman–Crippen LogP) is 4.18. The number of aryl methyl sites for hydroxylation is 2. The molecular formula is C23H23FN2O4S. The molecule has 0 fully saturated rings. The molecule has 0 aliphatic rings. The summed E-state index contributed by atoms with van der Waals surface area (Å²) in [5.41, 5.74) is 2.55. The van der Waals surface area contributed by atoms with Gasteiger partial charge in [-0.1, -0.05) is 30.3 Å². The van der Waals surface area contributed by atoms with E-state index in [0.29, 0.717) is 17.0 Å². The molecule has 2 N–H and O–H groups in total. The molecule has 31 heavy (non-hydrogen) atoms. The van der Waals surface area contributed by atoms with E-state index in [1.54, 1.807) is 30.3 Å². The average Bonchev–Trinajstić information content (AvgIpc) is 2.75. The minimum absolute atomic E-state index is 0.0201. The fraction of sp³-hybridized carbons (Fsp3) is 0.174. The highest BCUT2D eigenvalue weighted by Crippen LogP contribution is 2.21. The lowest BCUT2D eigenvalue weighted by molar-refractivity contribution is 0.102. The zero-order chi connectivity index (χ0) is 22.6. The summed E-state index contributed by atoms with van der Waals surface area (Å²) >= 11 is 0. The number of rotatable bonds is 7. The first kappa shape index (κ1) is 22.5. The highest BCUT2D eigenvalue weighted by Gasteiger charge is 2.20. The van der Waals surface area contributed by atoms with E-state index in [9.17, 15) is 17.6 Å². The van der Waals surface area contributed by atoms with Crippen molar-refractivity contribution < 1.29 is 22.3 Å². The van der Waals surface area contributed by atoms with E-state index in [2.05, 4.69) is 10.0 Å². The minimum Gasteiger partial charge on any atom is -0.496 e. The number of ether oxygens (including phenoxy) is 1. The summed E-state index contributed by atoms with van der Waals surface area (Å²) in [5.74, 6) is -1.00. The zero-order valence-electron chi connectivity index (χ0n) is 17.4. The van der Waals surface area contributed by atoms with Crippen molar-refractivity contribution in [2.75, 3.05) is 12.4 Å². The van der Waals surface area contributed by atoms with Crippen LogP contribution in [0.15, 0.2) is 65.6 Å². The van der Waals surface area contributed by atoms with Gasteiger partial charge in [0, 0.05) is 17.8 Å². The van der Waals surface area contributed by atoms with Crippen molar-refractivity contribution in [2.45, 2.75) is 25.3 Å². The first-order valence-corrected chi connectivity index (χ1v) is 11.0. The summed E-state index contributed by atoms with van der Waals surface area (Å²) < 4.78 is 47.5. The number of sulfonamides is 1. The van der Waals surface area contributed by atoms with E-state index in [4.69, 9.17) is 4.74 Å². The minimum atomic E-state index is -4.00. The molecule has 162 valence electrons. The molecule has 0 saturated heterocycles. The number of halogens is 1. The van der Waals surface area contributed by atoms with Gasteiger partial charge in [-0.25, -0.2) is 17.5 Å². The Labute approximate surface area is 181 Å². The summed E-state index contributed by atoms with van der Waals surface area (Å²) in [6.45, 7) is 3.66. The van der Waals surface area contributed by atoms with Crippen LogP contribution in [0.1, 0.15) is 27.0 Å². The van der Waals surface area contributed by atoms with Gasteiger partial charge in [-0.3, -0.25) is 4.79 Å². The molecule has 3 rings (SSSR count). The normalized spacial score (nSPS) is 11.2. The standard InChI is InChI=1S/C23H23FN2O4S/c1-15-8-9-16(2)21(12-15)26-23(27)19-13-18(10-11-20(19)24)31(28,29)25-14-17-6-4-5-7-22(17)30-3/h4-13,25H,14H2,1-3H3,(H,26,27). The van der Waals surface area contributed by atoms with Gasteiger partial charge in [0.25, 0.3) is 5.91 Å². The van der Waals surface area contributed by atoms with Gasteiger partial charge in [-0.05, 0) is 55.3 Å². The lowest BCUT2D eigenvalue weighted by Gasteiger charge is -2.12. The summed E-state index contributed by atoms with van der Waals surface area (Å²) in [6.07, 6.45) is 0. The molecule has 3 aromatic carbocycles. The van der Waals surface area contributed by atoms with E-state index in [1.165, 1.54) is 7.11 Å². The number of hydrogen-bond acceptors (Lipinski definition) is 4. The maximum absolute atomic E-state index is 14.3. The fourth-order valence-electron chi connectivity index (χ4n) is 3.01. The van der Waals surface area contributed by atoms with E-state index < -0.39 is 21.7 Å². The summed E-state index contributed by atoms with van der Waals surface area (Å²) in [6, 6.07) is 15.6. The third kappa shape index (κ3) is 5.28. The number of methoxy groups -OCH3 is 1. The van der Waals surface area contributed by atoms with Crippen LogP contribution in [0.5, 0.6) is 5.75 Å². The van der Waals surface area contributed by atoms with Crippen LogP contribution >= 0.6 is 0 Å². The molecule has 0 atom stereocenters. The van der Waals surface area contributed by atoms with Crippen LogP contribution in [0.4, 0.5) is 10.1 Å². The Morgan fingerprint density at radius 2 is 1.77 bits per heavy atom. The summed E-state index contributed by atoms with van der Waals surface area (Å²) in [4.78, 5) is 12.4. The average molecular weight is 443 g/mol. The number of carbonyl (C=O) groups is 1. The molecule has 0 radical (unpaired) electrons. The topological polar surface area (TPSA) is 84.5 Å². The second-order valence-corrected chi connectivity index (χ2v) is 8.82. The molecule has 3 aromatic rings. The van der Waals surface area contributed by atoms with Gasteiger partial charge in [0.15, 0.2) is 0 Å². The number of hydrogen-bond donors (Lipinski definition) is 2. The second kappa shape index (κ2) is 9.28. The number of anilines is 1. The third-order valence-corrected chi connectivity index (χ3v) is 6.18. The zero-order valence-corrected chi connectivity index (χ0v) is 18.2. The van der Waals surface area contributed by atoms with Crippen LogP contribution in [0.25, 0.3) is 0 Å². The summed E-state index contributed by atoms with van der Waals surface area (Å²) in [7, 11) is -2.50. The molecule has 0 bridgehead atoms. The van der Waals surface area contributed by atoms with Crippen LogP contribution in [0, 0.1) is 19.7 Å². The maximum atomic E-state index is 14.3. The predicted molar refractivity (Wildman–Crippen MR) is 117 cm³/mol. The Morgan fingerprint density at radius 1 is 1.03 bits per heavy atom. The quantitative estimate of drug-likeness (QED) is 0.575. The molecule has 0 saturated carbocycles. The Balaban J connectivity index is 1.83. The van der Waals surface area contributed by atoms with Crippen molar-refractivity contribution in [3.05, 3.63) is 88.7 Å². The number of para-hydroxylation sites is 1. The van der Waals surface area contributed by atoms with Crippen LogP contribution in [0.3, 0.4) is 0 Å². The largest absolute Gasteiger partial charge is 0.496 e. The van der Waals surface area contributed by atoms with Gasteiger partial charge in [0.2, 0.25) is 10.0 Å². The van der Waals surface area contributed by atoms with Crippen LogP contribution in [-0.4, -0.2) is 21.4 Å². The Kier molecular flexibility index (Phi) is 6.72. The van der Waals surface area contributed by atoms with Crippen molar-refractivity contribution in [1.82, 2.24) is 4.72 Å². The lowest BCUT2D eigenvalue weighted by atomic mass is 10.1. The molecular weight excluding hydrogens is 419 g/mol. The van der Waals surface area contributed by atoms with Gasteiger partial charge < -0.3 is 10.1 Å². The van der Waals surface area contributed by atoms with E-state index in [0.717, 1.165) is 29.3 Å². The number of benzene rings is 3. The molecule has 1 amide bonds. The van der Waals surface area contributed by atoms with Gasteiger partial charge in [0.05, 0.1) is 17.6 Å². The van der Waals surface area contributed by atoms with Crippen molar-refractivity contribution in [1.29, 1.82) is 0 Å². The Morgan fingerprint density at radius 3 is 2.52 bits per heavy atom. The van der Waals surface area contributed by atoms with Crippen molar-refractivity contribution in [3.8, 4) is 5.75 Å². The molecule has 8 heteroatoms. The molecule has 0 aromatic heterocycles. The van der Waals surface area contributed by atoms with E-state index >= 15 is 0 Å². The first-order chi connectivity index (χ1) is 14.7. The lowest BCUT2D eigenvalue weighted by Crippen LogP contribution is -2.24. The number of carbonyl (C=O) groups excluding carboxylic acids is 1. The fourth-order valence-corrected chi connectivity index (χ4v) is 4.04. The van der Waals surface area contributed by atoms with E-state index in [-0.39, 0.29) is 17.0 Å².